The molecule has 13 nitrogen and oxygen atoms in total. The van der Waals surface area contributed by atoms with Gasteiger partial charge < -0.3 is 35.9 Å². The predicted octanol–water partition coefficient (Wildman–Crippen LogP) is 3.56. The number of halogens is 1. The molecule has 3 atom stereocenters. The third-order valence-corrected chi connectivity index (χ3v) is 9.09. The molecule has 1 unspecified atom stereocenters. The molecule has 3 amide bonds. The van der Waals surface area contributed by atoms with Crippen LogP contribution < -0.4 is 31.1 Å². The van der Waals surface area contributed by atoms with E-state index in [0.717, 1.165) is 29.0 Å². The largest absolute Gasteiger partial charge is 0.388 e. The number of anilines is 6. The monoisotopic (exact) mass is 645 g/mol. The number of methoxy groups -OCH3 is 1. The first kappa shape index (κ1) is 31.2. The zero-order chi connectivity index (χ0) is 32.5. The van der Waals surface area contributed by atoms with Crippen molar-refractivity contribution < 1.29 is 19.1 Å². The number of ether oxygens (including phenoxy) is 1. The minimum Gasteiger partial charge on any atom is -0.388 e. The van der Waals surface area contributed by atoms with Crippen molar-refractivity contribution >= 4 is 69.5 Å². The van der Waals surface area contributed by atoms with Crippen LogP contribution in [-0.4, -0.2) is 79.8 Å². The second-order valence-electron chi connectivity index (χ2n) is 11.7. The number of amides is 3. The number of nitrogens with zero attached hydrogens (tertiary/aromatic N) is 4. The number of rotatable bonds is 9. The van der Waals surface area contributed by atoms with E-state index in [1.165, 1.54) is 0 Å². The van der Waals surface area contributed by atoms with Gasteiger partial charge in [0.1, 0.15) is 5.02 Å². The quantitative estimate of drug-likeness (QED) is 0.172. The van der Waals surface area contributed by atoms with Gasteiger partial charge in [0, 0.05) is 69.0 Å². The van der Waals surface area contributed by atoms with Crippen molar-refractivity contribution in [2.75, 3.05) is 60.0 Å². The zero-order valence-electron chi connectivity index (χ0n) is 25.8. The second kappa shape index (κ2) is 12.9. The summed E-state index contributed by atoms with van der Waals surface area (Å²) in [5.74, 6) is -0.341. The SMILES string of the molecule is CNc1cc(N[C@@H]2CCN(c3ncc(Cl)c(Nc4ccc5c(c4)CC(=O)N5C)n3)C[C@H]2OC)ccc1C(=N)C1CCC(=O)NC1=O. The molecule has 2 fully saturated rings. The van der Waals surface area contributed by atoms with Crippen LogP contribution in [0.5, 0.6) is 0 Å². The Labute approximate surface area is 271 Å². The van der Waals surface area contributed by atoms with Crippen LogP contribution in [0.2, 0.25) is 5.02 Å². The topological polar surface area (TPSA) is 165 Å². The lowest BCUT2D eigenvalue weighted by Gasteiger charge is -2.38. The highest BCUT2D eigenvalue weighted by Gasteiger charge is 2.33. The van der Waals surface area contributed by atoms with Crippen molar-refractivity contribution in [2.24, 2.45) is 5.92 Å². The first-order valence-electron chi connectivity index (χ1n) is 15.1. The first-order chi connectivity index (χ1) is 22.1. The highest BCUT2D eigenvalue weighted by atomic mass is 35.5. The van der Waals surface area contributed by atoms with Crippen molar-refractivity contribution in [3.05, 3.63) is 58.7 Å². The molecule has 0 bridgehead atoms. The second-order valence-corrected chi connectivity index (χ2v) is 12.1. The summed E-state index contributed by atoms with van der Waals surface area (Å²) in [7, 11) is 5.23. The maximum atomic E-state index is 12.4. The third-order valence-electron chi connectivity index (χ3n) is 8.81. The molecular formula is C32H36ClN9O4. The lowest BCUT2D eigenvalue weighted by atomic mass is 9.88. The van der Waals surface area contributed by atoms with E-state index in [2.05, 4.69) is 31.2 Å². The average molecular weight is 646 g/mol. The molecule has 3 aromatic rings. The van der Waals surface area contributed by atoms with Crippen molar-refractivity contribution in [3.63, 3.8) is 0 Å². The van der Waals surface area contributed by atoms with Gasteiger partial charge in [-0.3, -0.25) is 19.7 Å². The molecule has 46 heavy (non-hydrogen) atoms. The first-order valence-corrected chi connectivity index (χ1v) is 15.5. The predicted molar refractivity (Wildman–Crippen MR) is 178 cm³/mol. The van der Waals surface area contributed by atoms with Gasteiger partial charge in [-0.15, -0.1) is 0 Å². The molecule has 2 saturated heterocycles. The van der Waals surface area contributed by atoms with Crippen LogP contribution in [0.1, 0.15) is 30.4 Å². The minimum atomic E-state index is -0.669. The summed E-state index contributed by atoms with van der Waals surface area (Å²) >= 11 is 6.48. The van der Waals surface area contributed by atoms with Gasteiger partial charge in [-0.25, -0.2) is 4.98 Å². The summed E-state index contributed by atoms with van der Waals surface area (Å²) < 4.78 is 5.90. The Morgan fingerprint density at radius 3 is 2.70 bits per heavy atom. The molecule has 1 aromatic heterocycles. The molecule has 3 aliphatic rings. The number of aromatic nitrogens is 2. The van der Waals surface area contributed by atoms with E-state index in [1.54, 1.807) is 32.3 Å². The van der Waals surface area contributed by atoms with Crippen LogP contribution in [0.4, 0.5) is 34.5 Å². The smallest absolute Gasteiger partial charge is 0.235 e. The fraction of sp³-hybridized carbons (Fsp3) is 0.375. The molecule has 6 rings (SSSR count). The van der Waals surface area contributed by atoms with Crippen molar-refractivity contribution in [2.45, 2.75) is 37.8 Å². The molecule has 240 valence electrons. The molecule has 3 aliphatic heterocycles. The number of carbonyl (C=O) groups excluding carboxylic acids is 3. The Morgan fingerprint density at radius 1 is 1.13 bits per heavy atom. The van der Waals surface area contributed by atoms with E-state index >= 15 is 0 Å². The van der Waals surface area contributed by atoms with Gasteiger partial charge in [0.2, 0.25) is 23.7 Å². The van der Waals surface area contributed by atoms with Gasteiger partial charge in [-0.1, -0.05) is 11.6 Å². The summed E-state index contributed by atoms with van der Waals surface area (Å²) in [6.07, 6.45) is 3.04. The zero-order valence-corrected chi connectivity index (χ0v) is 26.6. The van der Waals surface area contributed by atoms with Gasteiger partial charge in [-0.05, 0) is 54.8 Å². The van der Waals surface area contributed by atoms with Crippen LogP contribution in [0.15, 0.2) is 42.6 Å². The Balaban J connectivity index is 1.12. The van der Waals surface area contributed by atoms with Gasteiger partial charge in [0.15, 0.2) is 5.82 Å². The average Bonchev–Trinajstić information content (AvgIpc) is 3.33. The Bertz CT molecular complexity index is 1720. The Hall–Kier alpha value is -4.75. The standard InChI is InChI=1S/C32H36ClN9O4/c1-35-24-14-19(4-6-20(24)29(34)21-7-9-27(43)39-31(21)45)37-23-10-11-42(16-26(23)46-3)32-36-15-22(33)30(40-32)38-18-5-8-25-17(12-18)13-28(44)41(25)2/h4-6,8,12,14-15,21,23,26,34-35,37H,7,9-11,13,16H2,1-3H3,(H,36,38,40)(H,39,43,45)/t21?,23-,26-/m1/s1. The number of hydrogen-bond acceptors (Lipinski definition) is 11. The lowest BCUT2D eigenvalue weighted by Crippen LogP contribution is -2.51. The summed E-state index contributed by atoms with van der Waals surface area (Å²) in [5, 5.41) is 21.4. The highest BCUT2D eigenvalue weighted by molar-refractivity contribution is 6.33. The van der Waals surface area contributed by atoms with Gasteiger partial charge in [0.25, 0.3) is 0 Å². The van der Waals surface area contributed by atoms with Crippen LogP contribution >= 0.6 is 11.6 Å². The van der Waals surface area contributed by atoms with Gasteiger partial charge in [-0.2, -0.15) is 4.98 Å². The fourth-order valence-electron chi connectivity index (χ4n) is 6.23. The van der Waals surface area contributed by atoms with E-state index in [-0.39, 0.29) is 36.1 Å². The molecule has 0 spiro atoms. The highest BCUT2D eigenvalue weighted by Crippen LogP contribution is 2.33. The Morgan fingerprint density at radius 2 is 1.93 bits per heavy atom. The van der Waals surface area contributed by atoms with Crippen molar-refractivity contribution in [1.82, 2.24) is 15.3 Å². The number of nitrogens with one attached hydrogen (secondary N) is 5. The number of hydrogen-bond donors (Lipinski definition) is 5. The van der Waals surface area contributed by atoms with E-state index < -0.39 is 11.8 Å². The van der Waals surface area contributed by atoms with E-state index in [0.29, 0.717) is 54.0 Å². The van der Waals surface area contributed by atoms with Crippen LogP contribution in [0.25, 0.3) is 0 Å². The molecule has 4 heterocycles. The molecule has 5 N–H and O–H groups in total. The van der Waals surface area contributed by atoms with Gasteiger partial charge in [0.05, 0.1) is 36.4 Å². The maximum absolute atomic E-state index is 12.4. The number of imide groups is 1. The number of fused-ring (bicyclic) bond motifs is 1. The van der Waals surface area contributed by atoms with E-state index in [9.17, 15) is 14.4 Å². The van der Waals surface area contributed by atoms with E-state index in [4.69, 9.17) is 26.7 Å². The molecular weight excluding hydrogens is 610 g/mol. The Kier molecular flexibility index (Phi) is 8.78. The molecule has 0 saturated carbocycles. The minimum absolute atomic E-state index is 0.0106. The van der Waals surface area contributed by atoms with Crippen LogP contribution in [0, 0.1) is 11.3 Å². The molecule has 2 aromatic carbocycles. The summed E-state index contributed by atoms with van der Waals surface area (Å²) in [5.41, 5.74) is 4.99. The summed E-state index contributed by atoms with van der Waals surface area (Å²) in [4.78, 5) is 49.0. The summed E-state index contributed by atoms with van der Waals surface area (Å²) in [6, 6.07) is 11.4. The molecule has 0 aliphatic carbocycles. The number of benzene rings is 2. The third kappa shape index (κ3) is 6.20. The molecule has 14 heteroatoms. The van der Waals surface area contributed by atoms with Gasteiger partial charge >= 0.3 is 0 Å². The lowest BCUT2D eigenvalue weighted by molar-refractivity contribution is -0.134. The number of piperidine rings is 2. The molecule has 0 radical (unpaired) electrons. The maximum Gasteiger partial charge on any atom is 0.235 e. The summed E-state index contributed by atoms with van der Waals surface area (Å²) in [6.45, 7) is 1.21. The van der Waals surface area contributed by atoms with Crippen LogP contribution in [-0.2, 0) is 25.5 Å². The van der Waals surface area contributed by atoms with Crippen molar-refractivity contribution in [1.29, 1.82) is 5.41 Å². The van der Waals surface area contributed by atoms with Crippen LogP contribution in [0.3, 0.4) is 0 Å². The van der Waals surface area contributed by atoms with Crippen molar-refractivity contribution in [3.8, 4) is 0 Å². The van der Waals surface area contributed by atoms with E-state index in [1.807, 2.05) is 36.4 Å². The normalized spacial score (nSPS) is 21.1. The number of carbonyl (C=O) groups is 3. The fourth-order valence-corrected chi connectivity index (χ4v) is 6.37. The number of likely N-dealkylation sites (N-methyl/N-ethyl adjacent to an activating group) is 1.